The van der Waals surface area contributed by atoms with Gasteiger partial charge >= 0.3 is 12.0 Å². The van der Waals surface area contributed by atoms with Gasteiger partial charge in [-0.2, -0.15) is 11.8 Å². The molecule has 0 aromatic heterocycles. The Kier molecular flexibility index (Phi) is 4.92. The standard InChI is InChI=1S/C10H18N2O3S/c1-7(9(13)14)5-12(2)10(15)11-8-3-4-16-6-8/h7-8H,3-6H2,1-2H3,(H,11,15)(H,13,14). The van der Waals surface area contributed by atoms with Gasteiger partial charge in [0, 0.05) is 25.4 Å². The molecule has 0 aliphatic carbocycles. The Labute approximate surface area is 99.6 Å². The Morgan fingerprint density at radius 1 is 1.62 bits per heavy atom. The predicted octanol–water partition coefficient (Wildman–Crippen LogP) is 0.854. The van der Waals surface area contributed by atoms with Crippen LogP contribution in [0.3, 0.4) is 0 Å². The van der Waals surface area contributed by atoms with Crippen LogP contribution in [0.25, 0.3) is 0 Å². The molecule has 0 saturated carbocycles. The van der Waals surface area contributed by atoms with E-state index in [2.05, 4.69) is 5.32 Å². The van der Waals surface area contributed by atoms with Gasteiger partial charge in [0.05, 0.1) is 5.92 Å². The number of thioether (sulfide) groups is 1. The molecule has 92 valence electrons. The van der Waals surface area contributed by atoms with E-state index in [0.29, 0.717) is 0 Å². The molecule has 1 saturated heterocycles. The van der Waals surface area contributed by atoms with Crippen LogP contribution in [-0.2, 0) is 4.79 Å². The van der Waals surface area contributed by atoms with Gasteiger partial charge in [-0.1, -0.05) is 6.92 Å². The summed E-state index contributed by atoms with van der Waals surface area (Å²) in [5.41, 5.74) is 0. The van der Waals surface area contributed by atoms with Gasteiger partial charge in [-0.15, -0.1) is 0 Å². The maximum Gasteiger partial charge on any atom is 0.317 e. The summed E-state index contributed by atoms with van der Waals surface area (Å²) in [6.45, 7) is 1.83. The van der Waals surface area contributed by atoms with Gasteiger partial charge < -0.3 is 15.3 Å². The Morgan fingerprint density at radius 2 is 2.31 bits per heavy atom. The van der Waals surface area contributed by atoms with Gasteiger partial charge in [-0.3, -0.25) is 4.79 Å². The highest BCUT2D eigenvalue weighted by Gasteiger charge is 2.21. The summed E-state index contributed by atoms with van der Waals surface area (Å²) < 4.78 is 0. The van der Waals surface area contributed by atoms with E-state index in [9.17, 15) is 9.59 Å². The van der Waals surface area contributed by atoms with Crippen molar-refractivity contribution in [2.45, 2.75) is 19.4 Å². The van der Waals surface area contributed by atoms with Crippen LogP contribution in [0.5, 0.6) is 0 Å². The molecule has 5 nitrogen and oxygen atoms in total. The number of carbonyl (C=O) groups excluding carboxylic acids is 1. The summed E-state index contributed by atoms with van der Waals surface area (Å²) >= 11 is 1.83. The molecule has 0 aromatic rings. The lowest BCUT2D eigenvalue weighted by atomic mass is 10.2. The fourth-order valence-corrected chi connectivity index (χ4v) is 2.66. The first-order chi connectivity index (χ1) is 7.50. The molecule has 0 bridgehead atoms. The van der Waals surface area contributed by atoms with E-state index in [1.54, 1.807) is 14.0 Å². The van der Waals surface area contributed by atoms with Crippen molar-refractivity contribution >= 4 is 23.8 Å². The average Bonchev–Trinajstić information content (AvgIpc) is 2.69. The SMILES string of the molecule is CC(CN(C)C(=O)NC1CCSC1)C(=O)O. The van der Waals surface area contributed by atoms with Crippen LogP contribution in [0.1, 0.15) is 13.3 Å². The zero-order valence-corrected chi connectivity index (χ0v) is 10.4. The van der Waals surface area contributed by atoms with Crippen LogP contribution in [0, 0.1) is 5.92 Å². The van der Waals surface area contributed by atoms with Crippen LogP contribution in [0.4, 0.5) is 4.79 Å². The third kappa shape index (κ3) is 3.92. The molecule has 1 aliphatic rings. The quantitative estimate of drug-likeness (QED) is 0.771. The van der Waals surface area contributed by atoms with Gasteiger partial charge in [0.1, 0.15) is 0 Å². The monoisotopic (exact) mass is 246 g/mol. The largest absolute Gasteiger partial charge is 0.481 e. The van der Waals surface area contributed by atoms with Crippen molar-refractivity contribution in [1.82, 2.24) is 10.2 Å². The van der Waals surface area contributed by atoms with Crippen molar-refractivity contribution in [3.05, 3.63) is 0 Å². The fraction of sp³-hybridized carbons (Fsp3) is 0.800. The summed E-state index contributed by atoms with van der Waals surface area (Å²) in [7, 11) is 1.62. The van der Waals surface area contributed by atoms with Crippen molar-refractivity contribution in [1.29, 1.82) is 0 Å². The molecular weight excluding hydrogens is 228 g/mol. The lowest BCUT2D eigenvalue weighted by Crippen LogP contribution is -2.45. The highest BCUT2D eigenvalue weighted by Crippen LogP contribution is 2.17. The predicted molar refractivity (Wildman–Crippen MR) is 63.7 cm³/mol. The number of carboxylic acid groups (broad SMARTS) is 1. The molecule has 1 fully saturated rings. The number of aliphatic carboxylic acids is 1. The number of nitrogens with zero attached hydrogens (tertiary/aromatic N) is 1. The second-order valence-electron chi connectivity index (χ2n) is 4.13. The number of rotatable bonds is 4. The molecule has 1 rings (SSSR count). The number of carboxylic acids is 1. The molecule has 2 unspecified atom stereocenters. The van der Waals surface area contributed by atoms with E-state index in [4.69, 9.17) is 5.11 Å². The van der Waals surface area contributed by atoms with Crippen molar-refractivity contribution < 1.29 is 14.7 Å². The van der Waals surface area contributed by atoms with Gasteiger partial charge in [0.15, 0.2) is 0 Å². The molecular formula is C10H18N2O3S. The van der Waals surface area contributed by atoms with Crippen LogP contribution < -0.4 is 5.32 Å². The Bertz CT molecular complexity index is 267. The van der Waals surface area contributed by atoms with E-state index in [0.717, 1.165) is 17.9 Å². The first kappa shape index (κ1) is 13.2. The third-order valence-electron chi connectivity index (χ3n) is 2.57. The normalized spacial score (nSPS) is 21.5. The number of carbonyl (C=O) groups is 2. The van der Waals surface area contributed by atoms with Crippen LogP contribution in [0.2, 0.25) is 0 Å². The number of amides is 2. The highest BCUT2D eigenvalue weighted by molar-refractivity contribution is 7.99. The molecule has 6 heteroatoms. The van der Waals surface area contributed by atoms with E-state index in [1.807, 2.05) is 11.8 Å². The number of hydrogen-bond donors (Lipinski definition) is 2. The third-order valence-corrected chi connectivity index (χ3v) is 3.74. The van der Waals surface area contributed by atoms with E-state index < -0.39 is 11.9 Å². The fourth-order valence-electron chi connectivity index (χ4n) is 1.50. The number of hydrogen-bond acceptors (Lipinski definition) is 3. The number of nitrogens with one attached hydrogen (secondary N) is 1. The van der Waals surface area contributed by atoms with Gasteiger partial charge in [-0.25, -0.2) is 4.79 Å². The summed E-state index contributed by atoms with van der Waals surface area (Å²) in [4.78, 5) is 23.7. The van der Waals surface area contributed by atoms with Crippen LogP contribution in [0.15, 0.2) is 0 Å². The molecule has 0 aromatic carbocycles. The Balaban J connectivity index is 2.32. The topological polar surface area (TPSA) is 69.6 Å². The molecule has 1 aliphatic heterocycles. The first-order valence-electron chi connectivity index (χ1n) is 5.33. The Hall–Kier alpha value is -0.910. The summed E-state index contributed by atoms with van der Waals surface area (Å²) in [5, 5.41) is 11.6. The molecule has 2 N–H and O–H groups in total. The van der Waals surface area contributed by atoms with Gasteiger partial charge in [0.25, 0.3) is 0 Å². The summed E-state index contributed by atoms with van der Waals surface area (Å²) in [6.07, 6.45) is 0.999. The van der Waals surface area contributed by atoms with Gasteiger partial charge in [0.2, 0.25) is 0 Å². The second-order valence-corrected chi connectivity index (χ2v) is 5.28. The lowest BCUT2D eigenvalue weighted by Gasteiger charge is -2.22. The lowest BCUT2D eigenvalue weighted by molar-refractivity contribution is -0.141. The van der Waals surface area contributed by atoms with Crippen LogP contribution >= 0.6 is 11.8 Å². The van der Waals surface area contributed by atoms with Crippen molar-refractivity contribution in [3.8, 4) is 0 Å². The molecule has 16 heavy (non-hydrogen) atoms. The van der Waals surface area contributed by atoms with Crippen molar-refractivity contribution in [2.75, 3.05) is 25.1 Å². The van der Waals surface area contributed by atoms with Crippen molar-refractivity contribution in [3.63, 3.8) is 0 Å². The minimum absolute atomic E-state index is 0.180. The Morgan fingerprint density at radius 3 is 2.81 bits per heavy atom. The summed E-state index contributed by atoms with van der Waals surface area (Å²) in [6, 6.07) is 0.0562. The van der Waals surface area contributed by atoms with E-state index in [-0.39, 0.29) is 18.6 Å². The van der Waals surface area contributed by atoms with Crippen LogP contribution in [-0.4, -0.2) is 53.1 Å². The average molecular weight is 246 g/mol. The smallest absolute Gasteiger partial charge is 0.317 e. The minimum Gasteiger partial charge on any atom is -0.481 e. The molecule has 2 amide bonds. The van der Waals surface area contributed by atoms with Gasteiger partial charge in [-0.05, 0) is 12.2 Å². The van der Waals surface area contributed by atoms with E-state index >= 15 is 0 Å². The highest BCUT2D eigenvalue weighted by atomic mass is 32.2. The molecule has 2 atom stereocenters. The zero-order chi connectivity index (χ0) is 12.1. The van der Waals surface area contributed by atoms with Crippen molar-refractivity contribution in [2.24, 2.45) is 5.92 Å². The molecule has 0 spiro atoms. The maximum atomic E-state index is 11.7. The maximum absolute atomic E-state index is 11.7. The molecule has 1 heterocycles. The second kappa shape index (κ2) is 5.98. The first-order valence-corrected chi connectivity index (χ1v) is 6.48. The van der Waals surface area contributed by atoms with E-state index in [1.165, 1.54) is 4.90 Å². The zero-order valence-electron chi connectivity index (χ0n) is 9.60. The number of urea groups is 1. The summed E-state index contributed by atoms with van der Waals surface area (Å²) in [5.74, 6) is 0.624. The minimum atomic E-state index is -0.879. The molecule has 0 radical (unpaired) electrons.